The topological polar surface area (TPSA) is 37.8 Å². The predicted molar refractivity (Wildman–Crippen MR) is 91.3 cm³/mol. The van der Waals surface area contributed by atoms with E-state index in [1.54, 1.807) is 11.3 Å². The number of nitrogens with zero attached hydrogens (tertiary/aromatic N) is 2. The van der Waals surface area contributed by atoms with E-state index in [1.165, 1.54) is 4.88 Å². The Hall–Kier alpha value is -0.870. The Morgan fingerprint density at radius 3 is 2.48 bits per heavy atom. The first-order valence-electron chi connectivity index (χ1n) is 7.47. The van der Waals surface area contributed by atoms with Crippen molar-refractivity contribution in [1.82, 2.24) is 9.97 Å². The van der Waals surface area contributed by atoms with Crippen LogP contribution in [0.1, 0.15) is 39.5 Å². The van der Waals surface area contributed by atoms with Gasteiger partial charge in [-0.15, -0.1) is 11.3 Å². The summed E-state index contributed by atoms with van der Waals surface area (Å²) in [5.41, 5.74) is 0.748. The van der Waals surface area contributed by atoms with E-state index in [1.807, 2.05) is 0 Å². The van der Waals surface area contributed by atoms with Crippen molar-refractivity contribution in [3.05, 3.63) is 16.2 Å². The summed E-state index contributed by atoms with van der Waals surface area (Å²) >= 11 is 7.76. The molecule has 1 fully saturated rings. The Bertz CT molecular complexity index is 676. The average Bonchev–Trinajstić information content (AvgIpc) is 2.74. The van der Waals surface area contributed by atoms with Gasteiger partial charge in [-0.25, -0.2) is 9.97 Å². The number of nitrogens with one attached hydrogen (secondary N) is 1. The first kappa shape index (κ1) is 15.0. The van der Waals surface area contributed by atoms with Gasteiger partial charge in [0.25, 0.3) is 0 Å². The van der Waals surface area contributed by atoms with Crippen molar-refractivity contribution in [2.45, 2.75) is 41.0 Å². The van der Waals surface area contributed by atoms with Crippen LogP contribution >= 0.6 is 22.9 Å². The molecule has 0 amide bonds. The van der Waals surface area contributed by atoms with Crippen LogP contribution in [0.5, 0.6) is 0 Å². The normalized spacial score (nSPS) is 19.9. The Labute approximate surface area is 135 Å². The van der Waals surface area contributed by atoms with Gasteiger partial charge in [-0.1, -0.05) is 34.6 Å². The summed E-state index contributed by atoms with van der Waals surface area (Å²) in [5, 5.41) is 4.93. The number of anilines is 1. The van der Waals surface area contributed by atoms with Gasteiger partial charge >= 0.3 is 0 Å². The van der Waals surface area contributed by atoms with Crippen LogP contribution in [-0.2, 0) is 6.42 Å². The fraction of sp³-hybridized carbons (Fsp3) is 0.625. The second-order valence-electron chi connectivity index (χ2n) is 7.00. The molecular formula is C16H22ClN3S. The molecule has 1 aliphatic carbocycles. The van der Waals surface area contributed by atoms with E-state index in [9.17, 15) is 0 Å². The summed E-state index contributed by atoms with van der Waals surface area (Å²) in [6, 6.07) is 2.18. The van der Waals surface area contributed by atoms with E-state index in [2.05, 4.69) is 56.0 Å². The number of rotatable bonds is 4. The molecule has 0 aliphatic heterocycles. The van der Waals surface area contributed by atoms with Gasteiger partial charge in [0.05, 0.1) is 5.39 Å². The summed E-state index contributed by atoms with van der Waals surface area (Å²) in [4.78, 5) is 11.0. The standard InChI is InChI=1S/C16H22ClN3S/c1-6-9-7-10-12(19-14(17)20-13(10)21-9)18-8-11-15(2,3)16(11,4)5/h7,11H,6,8H2,1-5H3,(H,18,19,20). The van der Waals surface area contributed by atoms with Crippen molar-refractivity contribution < 1.29 is 0 Å². The molecule has 5 heteroatoms. The van der Waals surface area contributed by atoms with Crippen molar-refractivity contribution in [2.24, 2.45) is 16.7 Å². The van der Waals surface area contributed by atoms with E-state index in [0.29, 0.717) is 22.0 Å². The molecule has 114 valence electrons. The van der Waals surface area contributed by atoms with Crippen molar-refractivity contribution >= 4 is 39.0 Å². The Kier molecular flexibility index (Phi) is 3.45. The lowest BCUT2D eigenvalue weighted by Gasteiger charge is -2.08. The minimum absolute atomic E-state index is 0.323. The van der Waals surface area contributed by atoms with Gasteiger partial charge in [-0.3, -0.25) is 0 Å². The lowest BCUT2D eigenvalue weighted by atomic mass is 10.0. The fourth-order valence-electron chi connectivity index (χ4n) is 3.30. The molecule has 3 rings (SSSR count). The summed E-state index contributed by atoms with van der Waals surface area (Å²) < 4.78 is 0. The monoisotopic (exact) mass is 323 g/mol. The first-order chi connectivity index (χ1) is 9.77. The molecule has 3 nitrogen and oxygen atoms in total. The highest BCUT2D eigenvalue weighted by Gasteiger charge is 2.64. The number of aryl methyl sites for hydroxylation is 1. The van der Waals surface area contributed by atoms with Crippen LogP contribution in [0.25, 0.3) is 10.2 Å². The van der Waals surface area contributed by atoms with Crippen molar-refractivity contribution in [1.29, 1.82) is 0 Å². The highest BCUT2D eigenvalue weighted by Crippen LogP contribution is 2.68. The third-order valence-electron chi connectivity index (χ3n) is 5.56. The van der Waals surface area contributed by atoms with Crippen LogP contribution in [0.3, 0.4) is 0 Å². The van der Waals surface area contributed by atoms with Gasteiger partial charge in [0.1, 0.15) is 10.6 Å². The van der Waals surface area contributed by atoms with Gasteiger partial charge in [0.15, 0.2) is 0 Å². The van der Waals surface area contributed by atoms with E-state index in [-0.39, 0.29) is 0 Å². The molecule has 0 unspecified atom stereocenters. The molecule has 2 heterocycles. The fourth-order valence-corrected chi connectivity index (χ4v) is 4.48. The van der Waals surface area contributed by atoms with Crippen molar-refractivity contribution in [3.8, 4) is 0 Å². The zero-order valence-corrected chi connectivity index (χ0v) is 14.8. The van der Waals surface area contributed by atoms with Crippen molar-refractivity contribution in [3.63, 3.8) is 0 Å². The zero-order chi connectivity index (χ0) is 15.4. The van der Waals surface area contributed by atoms with Crippen LogP contribution in [0, 0.1) is 16.7 Å². The van der Waals surface area contributed by atoms with Crippen LogP contribution in [-0.4, -0.2) is 16.5 Å². The summed E-state index contributed by atoms with van der Waals surface area (Å²) in [6.07, 6.45) is 1.01. The largest absolute Gasteiger partial charge is 0.369 e. The number of fused-ring (bicyclic) bond motifs is 1. The molecule has 0 spiro atoms. The SMILES string of the molecule is CCc1cc2c(NCC3C(C)(C)C3(C)C)nc(Cl)nc2s1. The van der Waals surface area contributed by atoms with Gasteiger partial charge in [-0.05, 0) is 40.8 Å². The second-order valence-corrected chi connectivity index (χ2v) is 8.46. The van der Waals surface area contributed by atoms with Gasteiger partial charge in [0.2, 0.25) is 5.28 Å². The zero-order valence-electron chi connectivity index (χ0n) is 13.2. The van der Waals surface area contributed by atoms with Crippen molar-refractivity contribution in [2.75, 3.05) is 11.9 Å². The second kappa shape index (κ2) is 4.82. The van der Waals surface area contributed by atoms with Gasteiger partial charge in [-0.2, -0.15) is 0 Å². The first-order valence-corrected chi connectivity index (χ1v) is 8.66. The maximum absolute atomic E-state index is 6.06. The van der Waals surface area contributed by atoms with E-state index in [0.717, 1.165) is 29.0 Å². The number of hydrogen-bond donors (Lipinski definition) is 1. The minimum atomic E-state index is 0.323. The highest BCUT2D eigenvalue weighted by atomic mass is 35.5. The van der Waals surface area contributed by atoms with E-state index >= 15 is 0 Å². The number of halogens is 1. The minimum Gasteiger partial charge on any atom is -0.369 e. The summed E-state index contributed by atoms with van der Waals surface area (Å²) in [5.74, 6) is 1.53. The molecule has 0 atom stereocenters. The van der Waals surface area contributed by atoms with Gasteiger partial charge < -0.3 is 5.32 Å². The van der Waals surface area contributed by atoms with Gasteiger partial charge in [0, 0.05) is 11.4 Å². The van der Waals surface area contributed by atoms with Crippen LogP contribution in [0.15, 0.2) is 6.07 Å². The van der Waals surface area contributed by atoms with Crippen LogP contribution in [0.2, 0.25) is 5.28 Å². The molecule has 0 radical (unpaired) electrons. The van der Waals surface area contributed by atoms with Crippen LogP contribution < -0.4 is 5.32 Å². The molecule has 1 aliphatic rings. The highest BCUT2D eigenvalue weighted by molar-refractivity contribution is 7.18. The number of hydrogen-bond acceptors (Lipinski definition) is 4. The molecule has 2 aromatic heterocycles. The van der Waals surface area contributed by atoms with E-state index < -0.39 is 0 Å². The molecule has 1 saturated carbocycles. The average molecular weight is 324 g/mol. The predicted octanol–water partition coefficient (Wildman–Crippen LogP) is 5.00. The summed E-state index contributed by atoms with van der Waals surface area (Å²) in [6.45, 7) is 12.4. The quantitative estimate of drug-likeness (QED) is 0.804. The molecular weight excluding hydrogens is 302 g/mol. The molecule has 21 heavy (non-hydrogen) atoms. The molecule has 0 saturated heterocycles. The Balaban J connectivity index is 1.86. The van der Waals surface area contributed by atoms with Crippen LogP contribution in [0.4, 0.5) is 5.82 Å². The molecule has 0 bridgehead atoms. The number of thiophene rings is 1. The summed E-state index contributed by atoms with van der Waals surface area (Å²) in [7, 11) is 0. The smallest absolute Gasteiger partial charge is 0.225 e. The lowest BCUT2D eigenvalue weighted by Crippen LogP contribution is -2.09. The maximum atomic E-state index is 6.06. The molecule has 0 aromatic carbocycles. The maximum Gasteiger partial charge on any atom is 0.225 e. The third-order valence-corrected chi connectivity index (χ3v) is 6.90. The molecule has 2 aromatic rings. The third kappa shape index (κ3) is 2.33. The number of aromatic nitrogens is 2. The Morgan fingerprint density at radius 2 is 1.90 bits per heavy atom. The molecule has 1 N–H and O–H groups in total. The lowest BCUT2D eigenvalue weighted by molar-refractivity contribution is 0.457. The Morgan fingerprint density at radius 1 is 1.24 bits per heavy atom. The van der Waals surface area contributed by atoms with E-state index in [4.69, 9.17) is 11.6 Å².